The molecule has 26 heavy (non-hydrogen) atoms. The van der Waals surface area contributed by atoms with Crippen LogP contribution in [0.5, 0.6) is 0 Å². The molecule has 0 unspecified atom stereocenters. The van der Waals surface area contributed by atoms with Crippen molar-refractivity contribution in [1.82, 2.24) is 5.01 Å². The number of hydrazone groups is 1. The van der Waals surface area contributed by atoms with E-state index in [1.165, 1.54) is 16.3 Å². The second kappa shape index (κ2) is 7.09. The normalized spacial score (nSPS) is 13.7. The smallest absolute Gasteiger partial charge is 0.348 e. The molecule has 3 aromatic rings. The van der Waals surface area contributed by atoms with Gasteiger partial charge in [-0.15, -0.1) is 11.3 Å². The first-order valence-electron chi connectivity index (χ1n) is 8.30. The number of ether oxygens (including phenoxy) is 1. The standard InChI is InChI=1S/C20H16N2O3S/c23-19(22-11-10-16(21-22)14-6-2-1-3-7-14)13-25-20(24)18-12-15-8-4-5-9-17(15)26-18/h1-9,12H,10-11,13H2. The zero-order chi connectivity index (χ0) is 17.9. The molecule has 0 fully saturated rings. The van der Waals surface area contributed by atoms with Gasteiger partial charge in [0.05, 0.1) is 12.3 Å². The maximum atomic E-state index is 12.3. The quantitative estimate of drug-likeness (QED) is 0.663. The number of carbonyl (C=O) groups is 2. The summed E-state index contributed by atoms with van der Waals surface area (Å²) in [6.07, 6.45) is 0.694. The number of esters is 1. The molecule has 2 heterocycles. The first kappa shape index (κ1) is 16.5. The van der Waals surface area contributed by atoms with Crippen LogP contribution < -0.4 is 0 Å². The SMILES string of the molecule is O=C(OCC(=O)N1CCC(c2ccccc2)=N1)c1cc2ccccc2s1. The van der Waals surface area contributed by atoms with Crippen molar-refractivity contribution in [3.8, 4) is 0 Å². The van der Waals surface area contributed by atoms with Crippen LogP contribution in [0.15, 0.2) is 65.8 Å². The molecule has 6 heteroatoms. The average molecular weight is 364 g/mol. The summed E-state index contributed by atoms with van der Waals surface area (Å²) >= 11 is 1.36. The van der Waals surface area contributed by atoms with Gasteiger partial charge in [0.15, 0.2) is 6.61 Å². The van der Waals surface area contributed by atoms with Crippen LogP contribution in [0.25, 0.3) is 10.1 Å². The van der Waals surface area contributed by atoms with Crippen LogP contribution in [-0.2, 0) is 9.53 Å². The Kier molecular flexibility index (Phi) is 4.50. The molecule has 0 spiro atoms. The molecular formula is C20H16N2O3S. The third-order valence-corrected chi connectivity index (χ3v) is 5.25. The Morgan fingerprint density at radius 3 is 2.65 bits per heavy atom. The highest BCUT2D eigenvalue weighted by molar-refractivity contribution is 7.20. The van der Waals surface area contributed by atoms with E-state index in [9.17, 15) is 9.59 Å². The Labute approximate surface area is 154 Å². The molecule has 0 atom stereocenters. The summed E-state index contributed by atoms with van der Waals surface area (Å²) in [5.41, 5.74) is 1.87. The number of rotatable bonds is 4. The van der Waals surface area contributed by atoms with E-state index < -0.39 is 5.97 Å². The van der Waals surface area contributed by atoms with Crippen molar-refractivity contribution < 1.29 is 14.3 Å². The van der Waals surface area contributed by atoms with Gasteiger partial charge in [-0.05, 0) is 23.1 Å². The molecule has 0 bridgehead atoms. The van der Waals surface area contributed by atoms with Crippen LogP contribution in [0, 0.1) is 0 Å². The molecule has 5 nitrogen and oxygen atoms in total. The van der Waals surface area contributed by atoms with Crippen LogP contribution >= 0.6 is 11.3 Å². The second-order valence-electron chi connectivity index (χ2n) is 5.90. The van der Waals surface area contributed by atoms with Gasteiger partial charge in [-0.1, -0.05) is 48.5 Å². The Bertz CT molecular complexity index is 961. The number of fused-ring (bicyclic) bond motifs is 1. The Hall–Kier alpha value is -2.99. The molecule has 0 saturated heterocycles. The lowest BCUT2D eigenvalue weighted by molar-refractivity contribution is -0.134. The van der Waals surface area contributed by atoms with Gasteiger partial charge < -0.3 is 4.74 Å². The molecule has 0 radical (unpaired) electrons. The largest absolute Gasteiger partial charge is 0.451 e. The van der Waals surface area contributed by atoms with E-state index in [1.54, 1.807) is 6.07 Å². The molecule has 1 amide bonds. The van der Waals surface area contributed by atoms with Crippen molar-refractivity contribution in [3.63, 3.8) is 0 Å². The van der Waals surface area contributed by atoms with Crippen molar-refractivity contribution in [2.24, 2.45) is 5.10 Å². The first-order chi connectivity index (χ1) is 12.7. The summed E-state index contributed by atoms with van der Waals surface area (Å²) in [6, 6.07) is 19.3. The van der Waals surface area contributed by atoms with E-state index in [1.807, 2.05) is 54.6 Å². The molecule has 2 aromatic carbocycles. The lowest BCUT2D eigenvalue weighted by Gasteiger charge is -2.11. The summed E-state index contributed by atoms with van der Waals surface area (Å²) in [5, 5.41) is 6.72. The minimum Gasteiger partial charge on any atom is -0.451 e. The molecule has 4 rings (SSSR count). The van der Waals surface area contributed by atoms with E-state index in [4.69, 9.17) is 4.74 Å². The zero-order valence-electron chi connectivity index (χ0n) is 13.9. The average Bonchev–Trinajstić information content (AvgIpc) is 3.33. The number of carbonyl (C=O) groups excluding carboxylic acids is 2. The maximum Gasteiger partial charge on any atom is 0.348 e. The molecular weight excluding hydrogens is 348 g/mol. The van der Waals surface area contributed by atoms with Crippen LogP contribution in [-0.4, -0.2) is 35.7 Å². The third-order valence-electron chi connectivity index (χ3n) is 4.15. The molecule has 0 N–H and O–H groups in total. The Morgan fingerprint density at radius 1 is 1.08 bits per heavy atom. The number of thiophene rings is 1. The van der Waals surface area contributed by atoms with Crippen LogP contribution in [0.4, 0.5) is 0 Å². The third kappa shape index (κ3) is 3.36. The Morgan fingerprint density at radius 2 is 1.85 bits per heavy atom. The van der Waals surface area contributed by atoms with Crippen molar-refractivity contribution in [2.75, 3.05) is 13.2 Å². The predicted molar refractivity (Wildman–Crippen MR) is 101 cm³/mol. The van der Waals surface area contributed by atoms with Crippen molar-refractivity contribution in [3.05, 3.63) is 71.1 Å². The number of hydrogen-bond donors (Lipinski definition) is 0. The lowest BCUT2D eigenvalue weighted by atomic mass is 10.1. The highest BCUT2D eigenvalue weighted by Crippen LogP contribution is 2.25. The molecule has 1 aliphatic rings. The van der Waals surface area contributed by atoms with E-state index in [-0.39, 0.29) is 12.5 Å². The Balaban J connectivity index is 1.38. The number of benzene rings is 2. The van der Waals surface area contributed by atoms with Crippen LogP contribution in [0.3, 0.4) is 0 Å². The van der Waals surface area contributed by atoms with Gasteiger partial charge in [-0.25, -0.2) is 9.80 Å². The fraction of sp³-hybridized carbons (Fsp3) is 0.150. The van der Waals surface area contributed by atoms with Gasteiger partial charge in [0.2, 0.25) is 0 Å². The highest BCUT2D eigenvalue weighted by atomic mass is 32.1. The highest BCUT2D eigenvalue weighted by Gasteiger charge is 2.23. The lowest BCUT2D eigenvalue weighted by Crippen LogP contribution is -2.28. The zero-order valence-corrected chi connectivity index (χ0v) is 14.7. The fourth-order valence-electron chi connectivity index (χ4n) is 2.83. The van der Waals surface area contributed by atoms with Gasteiger partial charge in [-0.3, -0.25) is 4.79 Å². The van der Waals surface area contributed by atoms with Gasteiger partial charge in [0.1, 0.15) is 4.88 Å². The molecule has 1 aliphatic heterocycles. The monoisotopic (exact) mass is 364 g/mol. The van der Waals surface area contributed by atoms with Gasteiger partial charge >= 0.3 is 5.97 Å². The van der Waals surface area contributed by atoms with Crippen LogP contribution in [0.2, 0.25) is 0 Å². The first-order valence-corrected chi connectivity index (χ1v) is 9.11. The van der Waals surface area contributed by atoms with Crippen molar-refractivity contribution >= 4 is 39.0 Å². The number of amides is 1. The summed E-state index contributed by atoms with van der Waals surface area (Å²) < 4.78 is 6.20. The van der Waals surface area contributed by atoms with Crippen molar-refractivity contribution in [2.45, 2.75) is 6.42 Å². The van der Waals surface area contributed by atoms with E-state index in [0.29, 0.717) is 17.8 Å². The number of nitrogens with zero attached hydrogens (tertiary/aromatic N) is 2. The number of hydrogen-bond acceptors (Lipinski definition) is 5. The summed E-state index contributed by atoms with van der Waals surface area (Å²) in [6.45, 7) is 0.197. The van der Waals surface area contributed by atoms with Crippen LogP contribution in [0.1, 0.15) is 21.7 Å². The predicted octanol–water partition coefficient (Wildman–Crippen LogP) is 3.69. The molecule has 130 valence electrons. The van der Waals surface area contributed by atoms with Gasteiger partial charge in [-0.2, -0.15) is 5.10 Å². The van der Waals surface area contributed by atoms with E-state index in [2.05, 4.69) is 5.10 Å². The van der Waals surface area contributed by atoms with Crippen molar-refractivity contribution in [1.29, 1.82) is 0 Å². The van der Waals surface area contributed by atoms with Gasteiger partial charge in [0.25, 0.3) is 5.91 Å². The van der Waals surface area contributed by atoms with Gasteiger partial charge in [0, 0.05) is 11.1 Å². The minimum atomic E-state index is -0.481. The molecule has 0 aliphatic carbocycles. The summed E-state index contributed by atoms with van der Waals surface area (Å²) in [4.78, 5) is 25.0. The summed E-state index contributed by atoms with van der Waals surface area (Å²) in [5.74, 6) is -0.795. The topological polar surface area (TPSA) is 59.0 Å². The second-order valence-corrected chi connectivity index (χ2v) is 6.99. The molecule has 0 saturated carbocycles. The maximum absolute atomic E-state index is 12.3. The summed E-state index contributed by atoms with van der Waals surface area (Å²) in [7, 11) is 0. The minimum absolute atomic E-state index is 0.307. The molecule has 1 aromatic heterocycles. The van der Waals surface area contributed by atoms with E-state index >= 15 is 0 Å². The fourth-order valence-corrected chi connectivity index (χ4v) is 3.78. The van der Waals surface area contributed by atoms with E-state index in [0.717, 1.165) is 21.4 Å².